The first-order valence-electron chi connectivity index (χ1n) is 8.72. The van der Waals surface area contributed by atoms with Crippen molar-refractivity contribution in [2.75, 3.05) is 18.9 Å². The molecule has 0 atom stereocenters. The minimum Gasteiger partial charge on any atom is -0.452 e. The number of nitriles is 1. The average Bonchev–Trinajstić information content (AvgIpc) is 2.65. The van der Waals surface area contributed by atoms with Crippen molar-refractivity contribution in [3.05, 3.63) is 23.9 Å². The summed E-state index contributed by atoms with van der Waals surface area (Å²) in [5.74, 6) is -1.55. The fourth-order valence-electron chi connectivity index (χ4n) is 3.31. The lowest BCUT2D eigenvalue weighted by Gasteiger charge is -2.31. The zero-order valence-corrected chi connectivity index (χ0v) is 15.5. The Balaban J connectivity index is 1.63. The highest BCUT2D eigenvalue weighted by molar-refractivity contribution is 7.90. The van der Waals surface area contributed by atoms with Gasteiger partial charge in [0, 0.05) is 12.7 Å². The zero-order valence-electron chi connectivity index (χ0n) is 14.7. The van der Waals surface area contributed by atoms with Crippen LogP contribution in [-0.4, -0.2) is 55.5 Å². The van der Waals surface area contributed by atoms with Crippen LogP contribution in [0.25, 0.3) is 0 Å². The number of carbonyl (C=O) groups is 2. The summed E-state index contributed by atoms with van der Waals surface area (Å²) >= 11 is 0. The summed E-state index contributed by atoms with van der Waals surface area (Å²) in [4.78, 5) is 26.0. The molecule has 0 aromatic rings. The molecule has 1 N–H and O–H groups in total. The van der Waals surface area contributed by atoms with Gasteiger partial charge in [-0.15, -0.1) is 4.40 Å². The van der Waals surface area contributed by atoms with Crippen LogP contribution in [0.4, 0.5) is 0 Å². The number of ether oxygens (including phenoxy) is 1. The van der Waals surface area contributed by atoms with E-state index in [1.165, 1.54) is 6.08 Å². The van der Waals surface area contributed by atoms with Crippen molar-refractivity contribution in [2.24, 2.45) is 4.40 Å². The lowest BCUT2D eigenvalue weighted by atomic mass is 9.83. The number of sulfonamides is 1. The van der Waals surface area contributed by atoms with Gasteiger partial charge < -0.3 is 15.0 Å². The maximum Gasteiger partial charge on any atom is 0.342 e. The van der Waals surface area contributed by atoms with E-state index in [2.05, 4.69) is 15.8 Å². The first-order valence-corrected chi connectivity index (χ1v) is 10.3. The summed E-state index contributed by atoms with van der Waals surface area (Å²) in [7, 11) is -3.63. The number of nitrogens with one attached hydrogen (secondary N) is 1. The topological polar surface area (TPSA) is 129 Å². The number of hydrogen-bond donors (Lipinski definition) is 1. The summed E-state index contributed by atoms with van der Waals surface area (Å²) in [6, 6.07) is 2.16. The quantitative estimate of drug-likeness (QED) is 0.684. The number of nitrogens with zero attached hydrogens (tertiary/aromatic N) is 3. The molecule has 0 aromatic carbocycles. The second kappa shape index (κ2) is 7.52. The Hall–Kier alpha value is -2.67. The summed E-state index contributed by atoms with van der Waals surface area (Å²) in [6.07, 6.45) is 8.49. The predicted octanol–water partition coefficient (Wildman–Crippen LogP) is 0.370. The Morgan fingerprint density at radius 2 is 2.07 bits per heavy atom. The van der Waals surface area contributed by atoms with Gasteiger partial charge in [-0.05, 0) is 25.0 Å². The maximum absolute atomic E-state index is 12.3. The largest absolute Gasteiger partial charge is 0.452 e. The number of amides is 1. The second-order valence-electron chi connectivity index (χ2n) is 6.70. The molecule has 0 unspecified atom stereocenters. The molecule has 0 bridgehead atoms. The van der Waals surface area contributed by atoms with Crippen molar-refractivity contribution in [3.8, 4) is 6.07 Å². The van der Waals surface area contributed by atoms with E-state index >= 15 is 0 Å². The standard InChI is InChI=1S/C17H20N4O5S/c18-12-17(6-2-1-3-7-17)19-14(22)11-26-16(23)13-5-4-8-21-9-10-27(24,25)20-15(13)21/h4-5,8H,1-3,6-7,9-11H2,(H,19,22). The van der Waals surface area contributed by atoms with Gasteiger partial charge in [0.2, 0.25) is 0 Å². The van der Waals surface area contributed by atoms with Gasteiger partial charge in [0.1, 0.15) is 11.1 Å². The monoisotopic (exact) mass is 392 g/mol. The molecule has 3 rings (SSSR count). The second-order valence-corrected chi connectivity index (χ2v) is 8.45. The van der Waals surface area contributed by atoms with Crippen molar-refractivity contribution in [2.45, 2.75) is 37.6 Å². The number of fused-ring (bicyclic) bond motifs is 1. The summed E-state index contributed by atoms with van der Waals surface area (Å²) < 4.78 is 32.1. The molecule has 10 heteroatoms. The Labute approximate surface area is 157 Å². The fourth-order valence-corrected chi connectivity index (χ4v) is 4.29. The number of carbonyl (C=O) groups excluding carboxylic acids is 2. The lowest BCUT2D eigenvalue weighted by molar-refractivity contribution is -0.145. The van der Waals surface area contributed by atoms with Gasteiger partial charge in [0.15, 0.2) is 12.4 Å². The predicted molar refractivity (Wildman–Crippen MR) is 95.7 cm³/mol. The Bertz CT molecular complexity index is 875. The summed E-state index contributed by atoms with van der Waals surface area (Å²) in [6.45, 7) is -0.364. The van der Waals surface area contributed by atoms with E-state index in [1.54, 1.807) is 17.2 Å². The van der Waals surface area contributed by atoms with Gasteiger partial charge in [0.05, 0.1) is 11.8 Å². The molecule has 0 saturated heterocycles. The van der Waals surface area contributed by atoms with Crippen molar-refractivity contribution in [1.82, 2.24) is 10.2 Å². The van der Waals surface area contributed by atoms with Crippen LogP contribution < -0.4 is 5.32 Å². The average molecular weight is 392 g/mol. The first-order chi connectivity index (χ1) is 12.8. The Morgan fingerprint density at radius 3 is 2.78 bits per heavy atom. The molecule has 2 heterocycles. The molecule has 27 heavy (non-hydrogen) atoms. The van der Waals surface area contributed by atoms with E-state index in [0.29, 0.717) is 12.8 Å². The molecule has 0 spiro atoms. The summed E-state index contributed by atoms with van der Waals surface area (Å²) in [5.41, 5.74) is -0.936. The molecule has 1 fully saturated rings. The number of rotatable bonds is 4. The van der Waals surface area contributed by atoms with Gasteiger partial charge in [-0.3, -0.25) is 4.79 Å². The minimum atomic E-state index is -3.63. The first kappa shape index (κ1) is 19.1. The smallest absolute Gasteiger partial charge is 0.342 e. The van der Waals surface area contributed by atoms with E-state index in [9.17, 15) is 23.3 Å². The van der Waals surface area contributed by atoms with Crippen molar-refractivity contribution < 1.29 is 22.7 Å². The zero-order chi connectivity index (χ0) is 19.5. The van der Waals surface area contributed by atoms with Crippen LogP contribution >= 0.6 is 0 Å². The minimum absolute atomic E-state index is 0.00469. The van der Waals surface area contributed by atoms with E-state index in [1.807, 2.05) is 0 Å². The number of esters is 1. The highest BCUT2D eigenvalue weighted by Gasteiger charge is 2.34. The number of amidine groups is 1. The molecule has 3 aliphatic rings. The van der Waals surface area contributed by atoms with Crippen LogP contribution in [0.3, 0.4) is 0 Å². The third-order valence-electron chi connectivity index (χ3n) is 4.71. The lowest BCUT2D eigenvalue weighted by Crippen LogP contribution is -2.50. The number of allylic oxidation sites excluding steroid dienone is 2. The van der Waals surface area contributed by atoms with Crippen molar-refractivity contribution >= 4 is 27.7 Å². The van der Waals surface area contributed by atoms with E-state index in [4.69, 9.17) is 4.74 Å². The van der Waals surface area contributed by atoms with E-state index in [-0.39, 0.29) is 23.7 Å². The van der Waals surface area contributed by atoms with Crippen LogP contribution in [-0.2, 0) is 24.3 Å². The molecule has 9 nitrogen and oxygen atoms in total. The molecular weight excluding hydrogens is 372 g/mol. The Morgan fingerprint density at radius 1 is 1.33 bits per heavy atom. The van der Waals surface area contributed by atoms with E-state index < -0.39 is 34.0 Å². The van der Waals surface area contributed by atoms with Crippen molar-refractivity contribution in [1.29, 1.82) is 5.26 Å². The highest BCUT2D eigenvalue weighted by Crippen LogP contribution is 2.27. The molecular formula is C17H20N4O5S. The molecule has 0 aromatic heterocycles. The molecule has 0 radical (unpaired) electrons. The SMILES string of the molecule is N#CC1(NC(=O)COC(=O)C2=CC=CN3CCS(=O)(=O)N=C23)CCCCC1. The van der Waals surface area contributed by atoms with Crippen LogP contribution in [0.1, 0.15) is 32.1 Å². The van der Waals surface area contributed by atoms with Gasteiger partial charge in [-0.2, -0.15) is 5.26 Å². The van der Waals surface area contributed by atoms with E-state index in [0.717, 1.165) is 19.3 Å². The third kappa shape index (κ3) is 4.36. The van der Waals surface area contributed by atoms with Gasteiger partial charge in [0.25, 0.3) is 15.9 Å². The normalized spacial score (nSPS) is 22.6. The molecule has 2 aliphatic heterocycles. The molecule has 1 saturated carbocycles. The highest BCUT2D eigenvalue weighted by atomic mass is 32.2. The van der Waals surface area contributed by atoms with Gasteiger partial charge in [-0.1, -0.05) is 19.3 Å². The van der Waals surface area contributed by atoms with Crippen LogP contribution in [0.15, 0.2) is 28.3 Å². The maximum atomic E-state index is 12.3. The molecule has 1 aliphatic carbocycles. The van der Waals surface area contributed by atoms with Crippen molar-refractivity contribution in [3.63, 3.8) is 0 Å². The molecule has 1 amide bonds. The van der Waals surface area contributed by atoms with Crippen LogP contribution in [0.5, 0.6) is 0 Å². The fraction of sp³-hybridized carbons (Fsp3) is 0.529. The van der Waals surface area contributed by atoms with Crippen LogP contribution in [0, 0.1) is 11.3 Å². The third-order valence-corrected chi connectivity index (χ3v) is 5.86. The van der Waals surface area contributed by atoms with Gasteiger partial charge >= 0.3 is 5.97 Å². The Kier molecular flexibility index (Phi) is 5.32. The van der Waals surface area contributed by atoms with Crippen LogP contribution in [0.2, 0.25) is 0 Å². The number of hydrogen-bond acceptors (Lipinski definition) is 7. The summed E-state index contributed by atoms with van der Waals surface area (Å²) in [5, 5.41) is 12.0. The molecule has 144 valence electrons. The van der Waals surface area contributed by atoms with Gasteiger partial charge in [-0.25, -0.2) is 13.2 Å².